The lowest BCUT2D eigenvalue weighted by Gasteiger charge is -2.53. The Morgan fingerprint density at radius 3 is 1.02 bits per heavy atom. The average Bonchev–Trinajstić information content (AvgIpc) is 2.76. The Kier molecular flexibility index (Phi) is 10.3. The molecule has 0 spiro atoms. The lowest BCUT2D eigenvalue weighted by Crippen LogP contribution is -2.86. The Bertz CT molecular complexity index is 1270. The van der Waals surface area contributed by atoms with Gasteiger partial charge in [0.2, 0.25) is 0 Å². The summed E-state index contributed by atoms with van der Waals surface area (Å²) in [6.45, 7) is -2.37. The van der Waals surface area contributed by atoms with E-state index in [4.69, 9.17) is 14.2 Å². The van der Waals surface area contributed by atoms with Gasteiger partial charge >= 0.3 is 78.1 Å². The third kappa shape index (κ3) is 5.04. The van der Waals surface area contributed by atoms with Crippen LogP contribution in [0.4, 0.5) is 87.8 Å². The molecule has 4 N–H and O–H groups in total. The molecule has 0 radical (unpaired) electrons. The van der Waals surface area contributed by atoms with Crippen LogP contribution < -0.4 is 0 Å². The largest absolute Gasteiger partial charge is 0.437 e. The molecule has 0 rings (SSSR count). The van der Waals surface area contributed by atoms with E-state index in [1.165, 1.54) is 0 Å². The number of aliphatic hydroxyl groups excluding tert-OH is 1. The molecule has 266 valence electrons. The van der Waals surface area contributed by atoms with Crippen LogP contribution in [0.1, 0.15) is 12.8 Å². The van der Waals surface area contributed by atoms with Gasteiger partial charge in [-0.1, -0.05) is 0 Å². The van der Waals surface area contributed by atoms with Crippen molar-refractivity contribution in [3.8, 4) is 0 Å². The molecule has 8 nitrogen and oxygen atoms in total. The van der Waals surface area contributed by atoms with Gasteiger partial charge in [-0.2, -0.15) is 91.5 Å². The molecule has 0 bridgehead atoms. The van der Waals surface area contributed by atoms with Gasteiger partial charge in [0.05, 0.1) is 0 Å². The van der Waals surface area contributed by atoms with Crippen LogP contribution in [-0.2, 0) is 20.2 Å². The maximum atomic E-state index is 15.6. The summed E-state index contributed by atoms with van der Waals surface area (Å²) >= 11 is 0. The summed E-state index contributed by atoms with van der Waals surface area (Å²) in [6, 6.07) is 0. The third-order valence-electron chi connectivity index (χ3n) is 5.67. The number of rotatable bonds is 12. The van der Waals surface area contributed by atoms with E-state index in [9.17, 15) is 96.6 Å². The van der Waals surface area contributed by atoms with Crippen LogP contribution in [0.2, 0.25) is 0 Å². The zero-order valence-corrected chi connectivity index (χ0v) is 21.1. The fraction of sp³-hybridized carbons (Fsp3) is 1.00. The molecule has 30 heteroatoms. The number of alkyl halides is 20. The van der Waals surface area contributed by atoms with Crippen LogP contribution in [0, 0.1) is 0 Å². The minimum Gasteiger partial charge on any atom is -0.396 e. The van der Waals surface area contributed by atoms with E-state index in [1.807, 2.05) is 0 Å². The highest BCUT2D eigenvalue weighted by Crippen LogP contribution is 2.69. The molecule has 0 aliphatic heterocycles. The normalized spacial score (nSPS) is 20.1. The lowest BCUT2D eigenvalue weighted by molar-refractivity contribution is -0.447. The molecule has 0 heterocycles. The summed E-state index contributed by atoms with van der Waals surface area (Å²) in [5, 5.41) is 0.936. The van der Waals surface area contributed by atoms with Crippen molar-refractivity contribution in [3.63, 3.8) is 0 Å². The van der Waals surface area contributed by atoms with Crippen molar-refractivity contribution < 1.29 is 124 Å². The lowest BCUT2D eigenvalue weighted by atomic mass is 9.70. The van der Waals surface area contributed by atoms with Gasteiger partial charge < -0.3 is 10.2 Å². The third-order valence-corrected chi connectivity index (χ3v) is 7.88. The molecule has 3 atom stereocenters. The zero-order chi connectivity index (χ0) is 36.6. The quantitative estimate of drug-likeness (QED) is 0.168. The number of hydrogen-bond donors (Lipinski definition) is 4. The molecular formula is C14H10F20O8S2. The van der Waals surface area contributed by atoms with Crippen molar-refractivity contribution in [1.82, 2.24) is 0 Å². The first-order chi connectivity index (χ1) is 18.6. The minimum absolute atomic E-state index is 2.37. The molecule has 3 unspecified atom stereocenters. The summed E-state index contributed by atoms with van der Waals surface area (Å²) in [5.41, 5.74) is -26.8. The van der Waals surface area contributed by atoms with E-state index < -0.39 is 103 Å². The zero-order valence-electron chi connectivity index (χ0n) is 19.4. The predicted octanol–water partition coefficient (Wildman–Crippen LogP) is 4.53. The highest BCUT2D eigenvalue weighted by atomic mass is 32.2. The first-order valence-corrected chi connectivity index (χ1v) is 12.5. The van der Waals surface area contributed by atoms with Crippen molar-refractivity contribution in [2.24, 2.45) is 0 Å². The first-order valence-electron chi connectivity index (χ1n) is 9.61. The smallest absolute Gasteiger partial charge is 0.396 e. The fourth-order valence-electron chi connectivity index (χ4n) is 3.43. The molecule has 0 aromatic heterocycles. The monoisotopic (exact) mass is 750 g/mol. The van der Waals surface area contributed by atoms with Gasteiger partial charge in [0.15, 0.2) is 5.60 Å². The SMILES string of the molecule is O=S(=O)(O)C(F)(F)C(F)(F)C(F)(C(F)(F)F)C(F)(F)C(O)(CCCO)C(F)(C(F)(F)C(F)(C(F)(F)F)C(F)(F)F)S(=O)(=O)O. The van der Waals surface area contributed by atoms with Gasteiger partial charge in [0.1, 0.15) is 0 Å². The van der Waals surface area contributed by atoms with Gasteiger partial charge in [0, 0.05) is 6.61 Å². The molecule has 0 aromatic rings. The maximum absolute atomic E-state index is 15.6. The summed E-state index contributed by atoms with van der Waals surface area (Å²) < 4.78 is 339. The van der Waals surface area contributed by atoms with Crippen LogP contribution in [0.15, 0.2) is 0 Å². The highest BCUT2D eigenvalue weighted by molar-refractivity contribution is 7.87. The second-order valence-electron chi connectivity index (χ2n) is 8.28. The second kappa shape index (κ2) is 10.7. The van der Waals surface area contributed by atoms with Crippen molar-refractivity contribution in [3.05, 3.63) is 0 Å². The number of halogens is 20. The van der Waals surface area contributed by atoms with E-state index in [2.05, 4.69) is 0 Å². The van der Waals surface area contributed by atoms with Gasteiger partial charge in [-0.05, 0) is 12.8 Å². The molecule has 0 saturated heterocycles. The van der Waals surface area contributed by atoms with E-state index >= 15 is 13.2 Å². The Hall–Kier alpha value is -1.66. The highest BCUT2D eigenvalue weighted by Gasteiger charge is 3.01. The standard InChI is InChI=1S/C14H10F20O8S2/c15-5(11(24,25)26,9(21,22)14(33,34)44(40,41)42)7(17,18)4(36,2-1-3-35)10(23,43(37,38)39)8(19,20)6(16,12(27,28)29)13(30,31)32/h35-36H,1-3H2,(H,37,38,39)(H,40,41,42). The molecule has 0 amide bonds. The van der Waals surface area contributed by atoms with E-state index in [1.54, 1.807) is 0 Å². The van der Waals surface area contributed by atoms with Crippen molar-refractivity contribution in [2.45, 2.75) is 76.3 Å². The Balaban J connectivity index is 8.98. The molecule has 0 aliphatic carbocycles. The summed E-state index contributed by atoms with van der Waals surface area (Å²) in [6.07, 6.45) is -32.9. The van der Waals surface area contributed by atoms with Crippen molar-refractivity contribution >= 4 is 20.2 Å². The molecule has 44 heavy (non-hydrogen) atoms. The number of aliphatic hydroxyl groups is 2. The summed E-state index contributed by atoms with van der Waals surface area (Å²) in [7, 11) is -17.6. The Labute approximate surface area is 228 Å². The maximum Gasteiger partial charge on any atom is 0.437 e. The topological polar surface area (TPSA) is 149 Å². The van der Waals surface area contributed by atoms with E-state index in [0.717, 1.165) is 0 Å². The van der Waals surface area contributed by atoms with Crippen LogP contribution >= 0.6 is 0 Å². The van der Waals surface area contributed by atoms with Crippen LogP contribution in [0.25, 0.3) is 0 Å². The van der Waals surface area contributed by atoms with E-state index in [0.29, 0.717) is 0 Å². The number of hydrogen-bond acceptors (Lipinski definition) is 6. The van der Waals surface area contributed by atoms with E-state index in [-0.39, 0.29) is 0 Å². The Morgan fingerprint density at radius 1 is 0.477 bits per heavy atom. The first kappa shape index (κ1) is 42.3. The van der Waals surface area contributed by atoms with Gasteiger partial charge in [-0.25, -0.2) is 13.2 Å². The van der Waals surface area contributed by atoms with Gasteiger partial charge in [-0.15, -0.1) is 0 Å². The van der Waals surface area contributed by atoms with Crippen LogP contribution in [-0.4, -0.2) is 106 Å². The molecule has 0 fully saturated rings. The second-order valence-corrected chi connectivity index (χ2v) is 11.3. The summed E-state index contributed by atoms with van der Waals surface area (Å²) in [4.78, 5) is 0. The summed E-state index contributed by atoms with van der Waals surface area (Å²) in [5.74, 6) is -27.8. The van der Waals surface area contributed by atoms with Gasteiger partial charge in [0.25, 0.3) is 0 Å². The molecule has 0 saturated carbocycles. The minimum atomic E-state index is -9.44. The molecule has 0 aromatic carbocycles. The molecular weight excluding hydrogens is 740 g/mol. The fourth-order valence-corrected chi connectivity index (χ4v) is 5.01. The predicted molar refractivity (Wildman–Crippen MR) is 93.8 cm³/mol. The van der Waals surface area contributed by atoms with Crippen LogP contribution in [0.3, 0.4) is 0 Å². The van der Waals surface area contributed by atoms with Crippen molar-refractivity contribution in [2.75, 3.05) is 6.61 Å². The average molecular weight is 750 g/mol. The molecule has 0 aliphatic rings. The van der Waals surface area contributed by atoms with Crippen LogP contribution in [0.5, 0.6) is 0 Å². The van der Waals surface area contributed by atoms with Crippen molar-refractivity contribution in [1.29, 1.82) is 0 Å². The Morgan fingerprint density at radius 2 is 0.795 bits per heavy atom. The van der Waals surface area contributed by atoms with Gasteiger partial charge in [-0.3, -0.25) is 9.11 Å².